The van der Waals surface area contributed by atoms with E-state index in [9.17, 15) is 4.21 Å². The first-order valence-electron chi connectivity index (χ1n) is 5.20. The van der Waals surface area contributed by atoms with E-state index in [0.717, 1.165) is 11.1 Å². The van der Waals surface area contributed by atoms with E-state index in [2.05, 4.69) is 9.97 Å². The topological polar surface area (TPSA) is 52.1 Å². The van der Waals surface area contributed by atoms with Crippen LogP contribution in [0.2, 0.25) is 0 Å². The highest BCUT2D eigenvalue weighted by atomic mass is 32.2. The van der Waals surface area contributed by atoms with Gasteiger partial charge in [-0.3, -0.25) is 9.19 Å². The van der Waals surface area contributed by atoms with Crippen LogP contribution in [0.4, 0.5) is 0 Å². The Hall–Kier alpha value is -1.75. The number of pyridine rings is 2. The first-order valence-corrected chi connectivity index (χ1v) is 6.52. The second kappa shape index (κ2) is 3.92. The Labute approximate surface area is 101 Å². The smallest absolute Gasteiger partial charge is 0.235 e. The van der Waals surface area contributed by atoms with Crippen molar-refractivity contribution in [3.8, 4) is 11.6 Å². The fraction of sp³-hybridized carbons (Fsp3) is 0.167. The van der Waals surface area contributed by atoms with Gasteiger partial charge in [0.25, 0.3) is 0 Å². The summed E-state index contributed by atoms with van der Waals surface area (Å²) < 4.78 is 17.9. The molecule has 0 amide bonds. The van der Waals surface area contributed by atoms with E-state index < -0.39 is 10.8 Å². The molecule has 0 aromatic carbocycles. The van der Waals surface area contributed by atoms with Crippen molar-refractivity contribution in [3.05, 3.63) is 41.9 Å². The second-order valence-corrected chi connectivity index (χ2v) is 5.31. The van der Waals surface area contributed by atoms with E-state index in [1.54, 1.807) is 18.6 Å². The van der Waals surface area contributed by atoms with Gasteiger partial charge in [-0.25, -0.2) is 4.98 Å². The quantitative estimate of drug-likeness (QED) is 0.715. The lowest BCUT2D eigenvalue weighted by molar-refractivity contribution is 0.446. The van der Waals surface area contributed by atoms with Gasteiger partial charge in [-0.05, 0) is 24.6 Å². The molecule has 17 heavy (non-hydrogen) atoms. The Morgan fingerprint density at radius 1 is 1.41 bits per heavy atom. The van der Waals surface area contributed by atoms with Crippen LogP contribution in [0.15, 0.2) is 35.6 Å². The Balaban J connectivity index is 2.17. The number of hydrogen-bond acceptors (Lipinski definition) is 4. The SMILES string of the molecule is Cc1cnc2c(c1)S(=O)Cc1ccncc1O2. The van der Waals surface area contributed by atoms with Gasteiger partial charge in [-0.15, -0.1) is 0 Å². The molecule has 0 radical (unpaired) electrons. The summed E-state index contributed by atoms with van der Waals surface area (Å²) >= 11 is 0. The molecule has 1 unspecified atom stereocenters. The number of hydrogen-bond donors (Lipinski definition) is 0. The number of aromatic nitrogens is 2. The molecule has 0 bridgehead atoms. The van der Waals surface area contributed by atoms with E-state index in [1.165, 1.54) is 0 Å². The van der Waals surface area contributed by atoms with E-state index >= 15 is 0 Å². The lowest BCUT2D eigenvalue weighted by atomic mass is 10.3. The molecular formula is C12H10N2O2S. The number of ether oxygens (including phenoxy) is 1. The Morgan fingerprint density at radius 2 is 2.29 bits per heavy atom. The van der Waals surface area contributed by atoms with Crippen LogP contribution in [0.3, 0.4) is 0 Å². The predicted octanol–water partition coefficient (Wildman–Crippen LogP) is 2.20. The first-order chi connectivity index (χ1) is 8.24. The summed E-state index contributed by atoms with van der Waals surface area (Å²) in [5, 5.41) is 0. The molecular weight excluding hydrogens is 236 g/mol. The summed E-state index contributed by atoms with van der Waals surface area (Å²) in [5.41, 5.74) is 1.87. The highest BCUT2D eigenvalue weighted by Crippen LogP contribution is 2.33. The fourth-order valence-electron chi connectivity index (χ4n) is 1.71. The van der Waals surface area contributed by atoms with Crippen LogP contribution in [-0.2, 0) is 16.6 Å². The van der Waals surface area contributed by atoms with E-state index in [0.29, 0.717) is 22.3 Å². The maximum atomic E-state index is 12.2. The summed E-state index contributed by atoms with van der Waals surface area (Å²) in [6.45, 7) is 1.92. The zero-order valence-electron chi connectivity index (χ0n) is 9.21. The monoisotopic (exact) mass is 246 g/mol. The van der Waals surface area contributed by atoms with Gasteiger partial charge >= 0.3 is 0 Å². The predicted molar refractivity (Wildman–Crippen MR) is 63.4 cm³/mol. The maximum absolute atomic E-state index is 12.2. The van der Waals surface area contributed by atoms with Crippen LogP contribution in [-0.4, -0.2) is 14.2 Å². The summed E-state index contributed by atoms with van der Waals surface area (Å²) in [7, 11) is -1.12. The van der Waals surface area contributed by atoms with E-state index in [4.69, 9.17) is 4.74 Å². The molecule has 2 aromatic rings. The third kappa shape index (κ3) is 1.82. The number of rotatable bonds is 0. The minimum Gasteiger partial charge on any atom is -0.436 e. The number of aryl methyl sites for hydroxylation is 1. The van der Waals surface area contributed by atoms with Gasteiger partial charge in [0.05, 0.1) is 22.7 Å². The highest BCUT2D eigenvalue weighted by molar-refractivity contribution is 7.84. The number of fused-ring (bicyclic) bond motifs is 2. The van der Waals surface area contributed by atoms with Crippen molar-refractivity contribution in [3.63, 3.8) is 0 Å². The first kappa shape index (κ1) is 10.4. The Morgan fingerprint density at radius 3 is 3.18 bits per heavy atom. The molecule has 1 aliphatic heterocycles. The van der Waals surface area contributed by atoms with Crippen LogP contribution in [0.25, 0.3) is 0 Å². The van der Waals surface area contributed by atoms with Crippen molar-refractivity contribution in [1.82, 2.24) is 9.97 Å². The maximum Gasteiger partial charge on any atom is 0.235 e. The third-order valence-electron chi connectivity index (χ3n) is 2.56. The molecule has 5 heteroatoms. The molecule has 0 spiro atoms. The van der Waals surface area contributed by atoms with Crippen molar-refractivity contribution in [2.24, 2.45) is 0 Å². The van der Waals surface area contributed by atoms with Crippen LogP contribution >= 0.6 is 0 Å². The van der Waals surface area contributed by atoms with Crippen LogP contribution in [0.1, 0.15) is 11.1 Å². The highest BCUT2D eigenvalue weighted by Gasteiger charge is 2.21. The summed E-state index contributed by atoms with van der Waals surface area (Å²) in [6, 6.07) is 3.68. The van der Waals surface area contributed by atoms with Crippen molar-refractivity contribution >= 4 is 10.8 Å². The van der Waals surface area contributed by atoms with Gasteiger partial charge < -0.3 is 4.74 Å². The zero-order chi connectivity index (χ0) is 11.8. The summed E-state index contributed by atoms with van der Waals surface area (Å²) in [5.74, 6) is 1.49. The Bertz CT molecular complexity index is 613. The van der Waals surface area contributed by atoms with E-state index in [1.807, 2.05) is 19.1 Å². The molecule has 4 nitrogen and oxygen atoms in total. The van der Waals surface area contributed by atoms with Crippen LogP contribution in [0, 0.1) is 6.92 Å². The minimum absolute atomic E-state index is 0.417. The van der Waals surface area contributed by atoms with Crippen LogP contribution in [0.5, 0.6) is 11.6 Å². The van der Waals surface area contributed by atoms with Crippen molar-refractivity contribution in [2.75, 3.05) is 0 Å². The normalized spacial score (nSPS) is 17.6. The molecule has 0 saturated carbocycles. The van der Waals surface area contributed by atoms with Gasteiger partial charge in [0.1, 0.15) is 4.90 Å². The summed E-state index contributed by atoms with van der Waals surface area (Å²) in [4.78, 5) is 8.84. The molecule has 2 aromatic heterocycles. The number of nitrogens with zero attached hydrogens (tertiary/aromatic N) is 2. The molecule has 1 aliphatic rings. The van der Waals surface area contributed by atoms with Crippen molar-refractivity contribution < 1.29 is 8.95 Å². The molecule has 0 N–H and O–H groups in total. The van der Waals surface area contributed by atoms with Gasteiger partial charge in [0.2, 0.25) is 5.88 Å². The summed E-state index contributed by atoms with van der Waals surface area (Å²) in [6.07, 6.45) is 5.01. The largest absolute Gasteiger partial charge is 0.436 e. The lowest BCUT2D eigenvalue weighted by Gasteiger charge is -2.05. The molecule has 0 saturated heterocycles. The standard InChI is InChI=1S/C12H10N2O2S/c1-8-4-11-12(14-5-8)16-10-6-13-3-2-9(10)7-17(11)15/h2-6H,7H2,1H3. The third-order valence-corrected chi connectivity index (χ3v) is 3.92. The average Bonchev–Trinajstić information content (AvgIpc) is 2.46. The zero-order valence-corrected chi connectivity index (χ0v) is 10.0. The fourth-order valence-corrected chi connectivity index (χ4v) is 3.00. The lowest BCUT2D eigenvalue weighted by Crippen LogP contribution is -1.96. The average molecular weight is 246 g/mol. The molecule has 1 atom stereocenters. The van der Waals surface area contributed by atoms with Crippen molar-refractivity contribution in [1.29, 1.82) is 0 Å². The van der Waals surface area contributed by atoms with Gasteiger partial charge in [-0.2, -0.15) is 0 Å². The van der Waals surface area contributed by atoms with Gasteiger partial charge in [0, 0.05) is 18.0 Å². The van der Waals surface area contributed by atoms with Crippen molar-refractivity contribution in [2.45, 2.75) is 17.6 Å². The Kier molecular flexibility index (Phi) is 2.40. The molecule has 86 valence electrons. The van der Waals surface area contributed by atoms with Gasteiger partial charge in [-0.1, -0.05) is 0 Å². The molecule has 0 fully saturated rings. The van der Waals surface area contributed by atoms with Gasteiger partial charge in [0.15, 0.2) is 5.75 Å². The van der Waals surface area contributed by atoms with E-state index in [-0.39, 0.29) is 0 Å². The molecule has 0 aliphatic carbocycles. The minimum atomic E-state index is -1.12. The molecule has 3 rings (SSSR count). The molecule has 3 heterocycles. The van der Waals surface area contributed by atoms with Crippen LogP contribution < -0.4 is 4.74 Å². The second-order valence-electron chi connectivity index (χ2n) is 3.89.